The number of rotatable bonds is 6. The van der Waals surface area contributed by atoms with Crippen LogP contribution in [0.25, 0.3) is 0 Å². The van der Waals surface area contributed by atoms with Crippen LogP contribution in [0.3, 0.4) is 0 Å². The highest BCUT2D eigenvalue weighted by molar-refractivity contribution is 5.75. The average Bonchev–Trinajstić information content (AvgIpc) is 2.50. The summed E-state index contributed by atoms with van der Waals surface area (Å²) >= 11 is 0. The molecule has 0 spiro atoms. The van der Waals surface area contributed by atoms with Gasteiger partial charge in [0.2, 0.25) is 0 Å². The predicted molar refractivity (Wildman–Crippen MR) is 77.6 cm³/mol. The van der Waals surface area contributed by atoms with Crippen LogP contribution in [-0.4, -0.2) is 49.8 Å². The number of hydrogen-bond donors (Lipinski definition) is 0. The summed E-state index contributed by atoms with van der Waals surface area (Å²) in [5, 5.41) is 0. The monoisotopic (exact) mass is 277 g/mol. The van der Waals surface area contributed by atoms with Gasteiger partial charge in [0.05, 0.1) is 19.8 Å². The molecule has 1 aromatic rings. The van der Waals surface area contributed by atoms with Crippen molar-refractivity contribution in [3.63, 3.8) is 0 Å². The fourth-order valence-electron chi connectivity index (χ4n) is 2.53. The molecule has 1 aliphatic heterocycles. The maximum Gasteiger partial charge on any atom is 0.323 e. The molecule has 1 saturated heterocycles. The molecule has 0 radical (unpaired) electrons. The molecule has 0 N–H and O–H groups in total. The Balaban J connectivity index is 1.96. The van der Waals surface area contributed by atoms with Gasteiger partial charge < -0.3 is 9.47 Å². The quantitative estimate of drug-likeness (QED) is 0.744. The van der Waals surface area contributed by atoms with E-state index in [0.29, 0.717) is 19.8 Å². The summed E-state index contributed by atoms with van der Waals surface area (Å²) < 4.78 is 10.6. The van der Waals surface area contributed by atoms with Crippen molar-refractivity contribution >= 4 is 5.97 Å². The summed E-state index contributed by atoms with van der Waals surface area (Å²) in [4.78, 5) is 14.3. The third kappa shape index (κ3) is 4.32. The van der Waals surface area contributed by atoms with Crippen LogP contribution in [-0.2, 0) is 20.7 Å². The topological polar surface area (TPSA) is 38.8 Å². The van der Waals surface area contributed by atoms with E-state index in [1.165, 1.54) is 5.56 Å². The maximum atomic E-state index is 12.2. The van der Waals surface area contributed by atoms with Crippen molar-refractivity contribution in [2.24, 2.45) is 0 Å². The van der Waals surface area contributed by atoms with Crippen molar-refractivity contribution in [1.82, 2.24) is 4.90 Å². The lowest BCUT2D eigenvalue weighted by Gasteiger charge is -2.33. The lowest BCUT2D eigenvalue weighted by Crippen LogP contribution is -2.48. The number of carbonyl (C=O) groups excluding carboxylic acids is 1. The predicted octanol–water partition coefficient (Wildman–Crippen LogP) is 1.88. The summed E-state index contributed by atoms with van der Waals surface area (Å²) in [6.45, 7) is 5.29. The number of esters is 1. The van der Waals surface area contributed by atoms with Crippen LogP contribution in [0.2, 0.25) is 0 Å². The molecule has 2 rings (SSSR count). The summed E-state index contributed by atoms with van der Waals surface area (Å²) in [7, 11) is 0. The second-order valence-electron chi connectivity index (χ2n) is 4.94. The molecule has 0 unspecified atom stereocenters. The molecule has 0 saturated carbocycles. The molecule has 1 aromatic carbocycles. The van der Waals surface area contributed by atoms with E-state index in [2.05, 4.69) is 17.0 Å². The smallest absolute Gasteiger partial charge is 0.323 e. The summed E-state index contributed by atoms with van der Waals surface area (Å²) in [5.41, 5.74) is 1.26. The third-order valence-electron chi connectivity index (χ3n) is 3.59. The van der Waals surface area contributed by atoms with Crippen LogP contribution >= 0.6 is 0 Å². The molecule has 20 heavy (non-hydrogen) atoms. The van der Waals surface area contributed by atoms with Gasteiger partial charge in [-0.05, 0) is 25.3 Å². The Morgan fingerprint density at radius 3 is 2.65 bits per heavy atom. The van der Waals surface area contributed by atoms with Gasteiger partial charge >= 0.3 is 5.97 Å². The van der Waals surface area contributed by atoms with Gasteiger partial charge in [0.15, 0.2) is 0 Å². The van der Waals surface area contributed by atoms with E-state index in [9.17, 15) is 4.79 Å². The first-order valence-corrected chi connectivity index (χ1v) is 7.33. The van der Waals surface area contributed by atoms with Crippen LogP contribution in [0.1, 0.15) is 18.9 Å². The molecule has 0 aliphatic carbocycles. The first kappa shape index (κ1) is 15.0. The number of benzene rings is 1. The SMILES string of the molecule is CCOC(=O)[C@@H](CCc1ccccc1)N1CCOCC1. The fourth-order valence-corrected chi connectivity index (χ4v) is 2.53. The molecule has 1 aliphatic rings. The molecule has 1 fully saturated rings. The zero-order chi connectivity index (χ0) is 14.2. The molecular weight excluding hydrogens is 254 g/mol. The highest BCUT2D eigenvalue weighted by atomic mass is 16.5. The van der Waals surface area contributed by atoms with E-state index in [0.717, 1.165) is 25.9 Å². The number of nitrogens with zero attached hydrogens (tertiary/aromatic N) is 1. The van der Waals surface area contributed by atoms with Crippen molar-refractivity contribution < 1.29 is 14.3 Å². The molecule has 0 aromatic heterocycles. The Morgan fingerprint density at radius 1 is 1.30 bits per heavy atom. The van der Waals surface area contributed by atoms with E-state index in [-0.39, 0.29) is 12.0 Å². The van der Waals surface area contributed by atoms with Gasteiger partial charge in [-0.1, -0.05) is 30.3 Å². The number of hydrogen-bond acceptors (Lipinski definition) is 4. The minimum Gasteiger partial charge on any atom is -0.465 e. The van der Waals surface area contributed by atoms with Crippen LogP contribution in [0, 0.1) is 0 Å². The van der Waals surface area contributed by atoms with Crippen molar-refractivity contribution in [3.8, 4) is 0 Å². The zero-order valence-electron chi connectivity index (χ0n) is 12.1. The third-order valence-corrected chi connectivity index (χ3v) is 3.59. The molecule has 1 heterocycles. The molecule has 4 heteroatoms. The van der Waals surface area contributed by atoms with Gasteiger partial charge in [-0.15, -0.1) is 0 Å². The van der Waals surface area contributed by atoms with Gasteiger partial charge in [-0.25, -0.2) is 0 Å². The van der Waals surface area contributed by atoms with Crippen LogP contribution in [0.5, 0.6) is 0 Å². The minimum absolute atomic E-state index is 0.106. The highest BCUT2D eigenvalue weighted by Gasteiger charge is 2.28. The van der Waals surface area contributed by atoms with Crippen LogP contribution in [0.4, 0.5) is 0 Å². The van der Waals surface area contributed by atoms with Crippen LogP contribution < -0.4 is 0 Å². The second kappa shape index (κ2) is 8.02. The van der Waals surface area contributed by atoms with Crippen molar-refractivity contribution in [2.75, 3.05) is 32.9 Å². The lowest BCUT2D eigenvalue weighted by molar-refractivity contribution is -0.151. The number of aryl methyl sites for hydroxylation is 1. The first-order valence-electron chi connectivity index (χ1n) is 7.33. The van der Waals surface area contributed by atoms with Gasteiger partial charge in [-0.2, -0.15) is 0 Å². The zero-order valence-corrected chi connectivity index (χ0v) is 12.1. The molecule has 0 bridgehead atoms. The van der Waals surface area contributed by atoms with E-state index in [4.69, 9.17) is 9.47 Å². The highest BCUT2D eigenvalue weighted by Crippen LogP contribution is 2.13. The van der Waals surface area contributed by atoms with Gasteiger partial charge in [-0.3, -0.25) is 9.69 Å². The summed E-state index contributed by atoms with van der Waals surface area (Å²) in [6, 6.07) is 10.1. The maximum absolute atomic E-state index is 12.2. The Kier molecular flexibility index (Phi) is 6.02. The average molecular weight is 277 g/mol. The molecule has 1 atom stereocenters. The molecule has 0 amide bonds. The first-order chi connectivity index (χ1) is 9.81. The molecule has 4 nitrogen and oxygen atoms in total. The Morgan fingerprint density at radius 2 is 2.00 bits per heavy atom. The van der Waals surface area contributed by atoms with Crippen LogP contribution in [0.15, 0.2) is 30.3 Å². The van der Waals surface area contributed by atoms with E-state index >= 15 is 0 Å². The largest absolute Gasteiger partial charge is 0.465 e. The standard InChI is InChI=1S/C16H23NO3/c1-2-20-16(18)15(17-10-12-19-13-11-17)9-8-14-6-4-3-5-7-14/h3-7,15H,2,8-13H2,1H3/t15-/m1/s1. The van der Waals surface area contributed by atoms with Gasteiger partial charge in [0.1, 0.15) is 6.04 Å². The lowest BCUT2D eigenvalue weighted by atomic mass is 10.0. The molecular formula is C16H23NO3. The van der Waals surface area contributed by atoms with Crippen molar-refractivity contribution in [2.45, 2.75) is 25.8 Å². The molecule has 110 valence electrons. The summed E-state index contributed by atoms with van der Waals surface area (Å²) in [6.07, 6.45) is 1.69. The Labute approximate surface area is 120 Å². The Hall–Kier alpha value is -1.39. The van der Waals surface area contributed by atoms with Crippen molar-refractivity contribution in [3.05, 3.63) is 35.9 Å². The normalized spacial score (nSPS) is 17.6. The van der Waals surface area contributed by atoms with Gasteiger partial charge in [0, 0.05) is 13.1 Å². The number of morpholine rings is 1. The number of ether oxygens (including phenoxy) is 2. The van der Waals surface area contributed by atoms with Gasteiger partial charge in [0.25, 0.3) is 0 Å². The van der Waals surface area contributed by atoms with E-state index in [1.807, 2.05) is 25.1 Å². The Bertz CT molecular complexity index is 401. The van der Waals surface area contributed by atoms with E-state index < -0.39 is 0 Å². The second-order valence-corrected chi connectivity index (χ2v) is 4.94. The number of carbonyl (C=O) groups is 1. The van der Waals surface area contributed by atoms with E-state index in [1.54, 1.807) is 0 Å². The van der Waals surface area contributed by atoms with Crippen molar-refractivity contribution in [1.29, 1.82) is 0 Å². The summed E-state index contributed by atoms with van der Waals surface area (Å²) in [5.74, 6) is -0.106. The minimum atomic E-state index is -0.154. The fraction of sp³-hybridized carbons (Fsp3) is 0.562.